The SMILES string of the molecule is COc1ccc(-c2c(N)c3ncc(C(F)(F)F)cc3n(-c3ccccc3Br)c2=O)cc1. The Labute approximate surface area is 183 Å². The maximum absolute atomic E-state index is 13.6. The first kappa shape index (κ1) is 20.9. The molecule has 2 aromatic carbocycles. The van der Waals surface area contributed by atoms with E-state index in [4.69, 9.17) is 10.5 Å². The minimum absolute atomic E-state index is 0.00203. The summed E-state index contributed by atoms with van der Waals surface area (Å²) in [5.41, 5.74) is 5.78. The van der Waals surface area contributed by atoms with E-state index in [1.54, 1.807) is 48.5 Å². The lowest BCUT2D eigenvalue weighted by Crippen LogP contribution is -2.23. The highest BCUT2D eigenvalue weighted by Crippen LogP contribution is 2.35. The van der Waals surface area contributed by atoms with Crippen LogP contribution >= 0.6 is 15.9 Å². The summed E-state index contributed by atoms with van der Waals surface area (Å²) >= 11 is 3.38. The summed E-state index contributed by atoms with van der Waals surface area (Å²) in [7, 11) is 1.52. The third-order valence-electron chi connectivity index (χ3n) is 4.85. The Morgan fingerprint density at radius 3 is 2.39 bits per heavy atom. The van der Waals surface area contributed by atoms with Gasteiger partial charge >= 0.3 is 6.18 Å². The molecule has 0 saturated heterocycles. The number of nitrogens with zero attached hydrogens (tertiary/aromatic N) is 2. The van der Waals surface area contributed by atoms with Crippen molar-refractivity contribution < 1.29 is 17.9 Å². The van der Waals surface area contributed by atoms with Gasteiger partial charge in [-0.05, 0) is 51.8 Å². The second-order valence-electron chi connectivity index (χ2n) is 6.70. The number of nitrogen functional groups attached to an aromatic ring is 1. The van der Waals surface area contributed by atoms with Crippen molar-refractivity contribution in [2.75, 3.05) is 12.8 Å². The van der Waals surface area contributed by atoms with Crippen LogP contribution in [0.5, 0.6) is 5.75 Å². The monoisotopic (exact) mass is 489 g/mol. The number of halogens is 4. The van der Waals surface area contributed by atoms with Gasteiger partial charge in [0.1, 0.15) is 11.3 Å². The van der Waals surface area contributed by atoms with Gasteiger partial charge in [-0.1, -0.05) is 24.3 Å². The minimum Gasteiger partial charge on any atom is -0.497 e. The molecule has 5 nitrogen and oxygen atoms in total. The molecule has 158 valence electrons. The molecule has 2 N–H and O–H groups in total. The van der Waals surface area contributed by atoms with E-state index in [9.17, 15) is 18.0 Å². The van der Waals surface area contributed by atoms with Gasteiger partial charge in [0.05, 0.1) is 35.1 Å². The van der Waals surface area contributed by atoms with Gasteiger partial charge < -0.3 is 10.5 Å². The highest BCUT2D eigenvalue weighted by atomic mass is 79.9. The van der Waals surface area contributed by atoms with Gasteiger partial charge in [-0.25, -0.2) is 0 Å². The Morgan fingerprint density at radius 2 is 1.77 bits per heavy atom. The van der Waals surface area contributed by atoms with Crippen LogP contribution < -0.4 is 16.0 Å². The summed E-state index contributed by atoms with van der Waals surface area (Å²) in [6, 6.07) is 14.3. The molecule has 0 bridgehead atoms. The largest absolute Gasteiger partial charge is 0.497 e. The fourth-order valence-corrected chi connectivity index (χ4v) is 3.81. The van der Waals surface area contributed by atoms with Crippen molar-refractivity contribution in [1.82, 2.24) is 9.55 Å². The number of alkyl halides is 3. The predicted octanol–water partition coefficient (Wildman–Crippen LogP) is 5.42. The van der Waals surface area contributed by atoms with Crippen molar-refractivity contribution in [3.63, 3.8) is 0 Å². The smallest absolute Gasteiger partial charge is 0.417 e. The number of nitrogens with two attached hydrogens (primary N) is 1. The van der Waals surface area contributed by atoms with E-state index < -0.39 is 17.3 Å². The number of methoxy groups -OCH3 is 1. The predicted molar refractivity (Wildman–Crippen MR) is 116 cm³/mol. The van der Waals surface area contributed by atoms with E-state index in [2.05, 4.69) is 20.9 Å². The highest BCUT2D eigenvalue weighted by Gasteiger charge is 2.32. The maximum atomic E-state index is 13.6. The van der Waals surface area contributed by atoms with E-state index in [1.807, 2.05) is 0 Å². The Bertz CT molecular complexity index is 1350. The molecule has 31 heavy (non-hydrogen) atoms. The van der Waals surface area contributed by atoms with Crippen molar-refractivity contribution in [3.8, 4) is 22.6 Å². The second kappa shape index (κ2) is 7.73. The average molecular weight is 490 g/mol. The van der Waals surface area contributed by atoms with Crippen LogP contribution in [-0.4, -0.2) is 16.7 Å². The third kappa shape index (κ3) is 3.65. The van der Waals surface area contributed by atoms with E-state index >= 15 is 0 Å². The van der Waals surface area contributed by atoms with Gasteiger partial charge in [0.25, 0.3) is 5.56 Å². The Kier molecular flexibility index (Phi) is 5.22. The molecule has 0 radical (unpaired) electrons. The first-order chi connectivity index (χ1) is 14.7. The molecule has 0 aliphatic heterocycles. The number of fused-ring (bicyclic) bond motifs is 1. The summed E-state index contributed by atoms with van der Waals surface area (Å²) in [6.45, 7) is 0. The lowest BCUT2D eigenvalue weighted by atomic mass is 10.0. The van der Waals surface area contributed by atoms with Crippen LogP contribution in [0.25, 0.3) is 27.8 Å². The van der Waals surface area contributed by atoms with Gasteiger partial charge in [-0.2, -0.15) is 13.2 Å². The molecule has 0 amide bonds. The van der Waals surface area contributed by atoms with Crippen molar-refractivity contribution in [2.45, 2.75) is 6.18 Å². The topological polar surface area (TPSA) is 70.1 Å². The molecular weight excluding hydrogens is 475 g/mol. The zero-order valence-corrected chi connectivity index (χ0v) is 17.7. The number of para-hydroxylation sites is 1. The maximum Gasteiger partial charge on any atom is 0.417 e. The van der Waals surface area contributed by atoms with Crippen LogP contribution in [0.3, 0.4) is 0 Å². The van der Waals surface area contributed by atoms with Gasteiger partial charge in [0.2, 0.25) is 0 Å². The zero-order chi connectivity index (χ0) is 22.3. The van der Waals surface area contributed by atoms with Crippen LogP contribution in [0.1, 0.15) is 5.56 Å². The van der Waals surface area contributed by atoms with Crippen molar-refractivity contribution in [3.05, 3.63) is 81.2 Å². The fraction of sp³-hybridized carbons (Fsp3) is 0.0909. The number of anilines is 1. The fourth-order valence-electron chi connectivity index (χ4n) is 3.35. The van der Waals surface area contributed by atoms with E-state index in [0.29, 0.717) is 27.7 Å². The van der Waals surface area contributed by atoms with Gasteiger partial charge in [0, 0.05) is 10.7 Å². The van der Waals surface area contributed by atoms with Crippen molar-refractivity contribution in [2.24, 2.45) is 0 Å². The summed E-state index contributed by atoms with van der Waals surface area (Å²) in [4.78, 5) is 17.6. The first-order valence-electron chi connectivity index (χ1n) is 9.03. The first-order valence-corrected chi connectivity index (χ1v) is 9.82. The van der Waals surface area contributed by atoms with Gasteiger partial charge in [0.15, 0.2) is 0 Å². The second-order valence-corrected chi connectivity index (χ2v) is 7.55. The standard InChI is InChI=1S/C22H15BrF3N3O2/c1-31-14-8-6-12(7-9-14)18-19(27)20-17(10-13(11-28-20)22(24,25)26)29(21(18)30)16-5-3-2-4-15(16)23/h2-11H,27H2,1H3. The molecule has 0 atom stereocenters. The van der Waals surface area contributed by atoms with E-state index in [-0.39, 0.29) is 22.3 Å². The van der Waals surface area contributed by atoms with Crippen LogP contribution in [0.4, 0.5) is 18.9 Å². The van der Waals surface area contributed by atoms with E-state index in [1.165, 1.54) is 11.7 Å². The number of benzene rings is 2. The van der Waals surface area contributed by atoms with Crippen LogP contribution in [-0.2, 0) is 6.18 Å². The number of ether oxygens (including phenoxy) is 1. The van der Waals surface area contributed by atoms with Crippen molar-refractivity contribution >= 4 is 32.7 Å². The number of aromatic nitrogens is 2. The number of hydrogen-bond acceptors (Lipinski definition) is 4. The summed E-state index contributed by atoms with van der Waals surface area (Å²) < 4.78 is 47.0. The number of pyridine rings is 2. The molecular formula is C22H15BrF3N3O2. The minimum atomic E-state index is -4.63. The normalized spacial score (nSPS) is 11.6. The molecule has 0 saturated carbocycles. The quantitative estimate of drug-likeness (QED) is 0.416. The van der Waals surface area contributed by atoms with Crippen molar-refractivity contribution in [1.29, 1.82) is 0 Å². The third-order valence-corrected chi connectivity index (χ3v) is 5.52. The molecule has 4 aromatic rings. The molecule has 4 rings (SSSR count). The average Bonchev–Trinajstić information content (AvgIpc) is 2.74. The molecule has 0 fully saturated rings. The Hall–Kier alpha value is -3.33. The van der Waals surface area contributed by atoms with Crippen LogP contribution in [0.15, 0.2) is 70.1 Å². The molecule has 9 heteroatoms. The summed E-state index contributed by atoms with van der Waals surface area (Å²) in [5, 5.41) is 0. The van der Waals surface area contributed by atoms with E-state index in [0.717, 1.165) is 6.07 Å². The molecule has 0 spiro atoms. The summed E-state index contributed by atoms with van der Waals surface area (Å²) in [5.74, 6) is 0.585. The summed E-state index contributed by atoms with van der Waals surface area (Å²) in [6.07, 6.45) is -3.91. The van der Waals surface area contributed by atoms with Crippen LogP contribution in [0, 0.1) is 0 Å². The van der Waals surface area contributed by atoms with Gasteiger partial charge in [-0.3, -0.25) is 14.3 Å². The molecule has 2 heterocycles. The number of rotatable bonds is 3. The van der Waals surface area contributed by atoms with Crippen LogP contribution in [0.2, 0.25) is 0 Å². The Balaban J connectivity index is 2.14. The molecule has 0 aliphatic carbocycles. The Morgan fingerprint density at radius 1 is 1.10 bits per heavy atom. The zero-order valence-electron chi connectivity index (χ0n) is 16.1. The molecule has 0 unspecified atom stereocenters. The molecule has 0 aliphatic rings. The lowest BCUT2D eigenvalue weighted by Gasteiger charge is -2.18. The lowest BCUT2D eigenvalue weighted by molar-refractivity contribution is -0.137. The highest BCUT2D eigenvalue weighted by molar-refractivity contribution is 9.10. The number of hydrogen-bond donors (Lipinski definition) is 1. The molecule has 2 aromatic heterocycles. The van der Waals surface area contributed by atoms with Gasteiger partial charge in [-0.15, -0.1) is 0 Å².